The predicted molar refractivity (Wildman–Crippen MR) is 309 cm³/mol. The molecule has 2 saturated carbocycles. The van der Waals surface area contributed by atoms with Crippen molar-refractivity contribution in [3.8, 4) is 0 Å². The number of rotatable bonds is 17. The average molecular weight is 1130 g/mol. The highest BCUT2D eigenvalue weighted by atomic mass is 19.1. The summed E-state index contributed by atoms with van der Waals surface area (Å²) in [5, 5.41) is 14.7. The molecule has 2 bridgehead atoms. The largest absolute Gasteiger partial charge is 0.376 e. The van der Waals surface area contributed by atoms with E-state index in [0.29, 0.717) is 105 Å². The van der Waals surface area contributed by atoms with Crippen molar-refractivity contribution in [2.75, 3.05) is 118 Å². The van der Waals surface area contributed by atoms with Crippen LogP contribution in [0.25, 0.3) is 10.8 Å². The van der Waals surface area contributed by atoms with Gasteiger partial charge in [0.25, 0.3) is 17.4 Å². The van der Waals surface area contributed by atoms with E-state index < -0.39 is 17.8 Å². The summed E-state index contributed by atoms with van der Waals surface area (Å²) in [6.07, 6.45) is 12.9. The van der Waals surface area contributed by atoms with Crippen LogP contribution in [0.15, 0.2) is 71.5 Å². The van der Waals surface area contributed by atoms with Crippen molar-refractivity contribution >= 4 is 40.3 Å². The molecular weight excluding hydrogens is 1040 g/mol. The number of amides is 5. The minimum absolute atomic E-state index is 0.0250. The number of hydrogen-bond acceptors (Lipinski definition) is 12. The molecule has 4 aromatic rings. The minimum Gasteiger partial charge on any atom is -0.376 e. The highest BCUT2D eigenvalue weighted by Crippen LogP contribution is 2.45. The van der Waals surface area contributed by atoms with Gasteiger partial charge in [0.15, 0.2) is 0 Å². The van der Waals surface area contributed by atoms with E-state index in [2.05, 4.69) is 36.7 Å². The molecule has 3 aromatic carbocycles. The summed E-state index contributed by atoms with van der Waals surface area (Å²) >= 11 is 0. The lowest BCUT2D eigenvalue weighted by Crippen LogP contribution is -2.59. The zero-order valence-electron chi connectivity index (χ0n) is 47.9. The number of nitrogens with zero attached hydrogens (tertiary/aromatic N) is 7. The Balaban J connectivity index is 0.605. The van der Waals surface area contributed by atoms with Crippen molar-refractivity contribution in [2.24, 2.45) is 11.8 Å². The van der Waals surface area contributed by atoms with Crippen LogP contribution >= 0.6 is 0 Å². The zero-order chi connectivity index (χ0) is 56.8. The van der Waals surface area contributed by atoms with Crippen LogP contribution in [0.3, 0.4) is 0 Å². The standard InChI is InChI=1S/C63H83FN10O8/c1-81-63-22-20-62(21-23-63,82-43-63)42-65-38-55(75)74-24-8-13-49(40-74)47-11-7-12-48(37-47)58(77)66-57(46-9-3-2-4-10-46)61(80)72-25-18-44(19-26-72)39-69-27-29-70(30-28-69)41-56(76)71-31-33-73(34-32-71)60(79)52-35-45(16-17-53(52)64)36-54-50-14-5-6-15-51(50)59(78)68-67-54/h5-7,11-12,14-17,35,37,44,46,49,57,65H,2-4,8-10,13,18-34,36,38-43H2,1H3,(H,66,77)(H,68,78)/t49?,57-,62?,63?/m1/s1. The molecule has 1 aromatic heterocycles. The lowest BCUT2D eigenvalue weighted by Gasteiger charge is -2.52. The number of benzene rings is 3. The third kappa shape index (κ3) is 13.3. The molecule has 2 aliphatic carbocycles. The molecule has 12 rings (SSSR count). The second-order valence-corrected chi connectivity index (χ2v) is 24.7. The van der Waals surface area contributed by atoms with Gasteiger partial charge in [0.05, 0.1) is 47.5 Å². The van der Waals surface area contributed by atoms with Crippen LogP contribution in [0.1, 0.15) is 127 Å². The van der Waals surface area contributed by atoms with Gasteiger partial charge in [0, 0.05) is 122 Å². The number of hydrogen-bond donors (Lipinski definition) is 3. The number of piperazine rings is 2. The van der Waals surface area contributed by atoms with Gasteiger partial charge in [0.1, 0.15) is 11.9 Å². The third-order valence-electron chi connectivity index (χ3n) is 19.5. The predicted octanol–water partition coefficient (Wildman–Crippen LogP) is 5.20. The highest BCUT2D eigenvalue weighted by Gasteiger charge is 2.50. The molecule has 6 aliphatic heterocycles. The molecule has 82 heavy (non-hydrogen) atoms. The fourth-order valence-electron chi connectivity index (χ4n) is 14.2. The Morgan fingerprint density at radius 2 is 1.48 bits per heavy atom. The summed E-state index contributed by atoms with van der Waals surface area (Å²) in [4.78, 5) is 93.8. The maximum atomic E-state index is 15.2. The summed E-state index contributed by atoms with van der Waals surface area (Å²) in [5.74, 6) is -0.432. The molecule has 5 amide bonds. The SMILES string of the molecule is COC12CCC(CNCC(=O)N3CCCC(c4cccc(C(=O)N[C@@H](C(=O)N5CCC(CN6CCN(CC(=O)N7CCN(C(=O)c8cc(Cc9n[nH]c(=O)c%10ccccc9%10)ccc8F)CC7)CC6)CC5)C5CCCCC5)c4)C3)(CC1)OC2. The average Bonchev–Trinajstić information content (AvgIpc) is 3.57. The van der Waals surface area contributed by atoms with E-state index in [1.165, 1.54) is 6.07 Å². The fourth-order valence-corrected chi connectivity index (χ4v) is 14.2. The molecule has 8 aliphatic rings. The van der Waals surface area contributed by atoms with E-state index in [4.69, 9.17) is 9.47 Å². The third-order valence-corrected chi connectivity index (χ3v) is 19.5. The first-order chi connectivity index (χ1) is 39.8. The van der Waals surface area contributed by atoms with Crippen LogP contribution in [0, 0.1) is 17.7 Å². The Labute approximate surface area is 480 Å². The van der Waals surface area contributed by atoms with Crippen LogP contribution in [0.5, 0.6) is 0 Å². The van der Waals surface area contributed by atoms with Gasteiger partial charge in [-0.25, -0.2) is 9.49 Å². The summed E-state index contributed by atoms with van der Waals surface area (Å²) in [6, 6.07) is 18.9. The smallest absolute Gasteiger partial charge is 0.272 e. The molecule has 7 heterocycles. The van der Waals surface area contributed by atoms with Crippen LogP contribution in [0.4, 0.5) is 4.39 Å². The van der Waals surface area contributed by atoms with Crippen LogP contribution in [-0.4, -0.2) is 205 Å². The van der Waals surface area contributed by atoms with Gasteiger partial charge in [0.2, 0.25) is 17.7 Å². The van der Waals surface area contributed by atoms with Gasteiger partial charge >= 0.3 is 0 Å². The van der Waals surface area contributed by atoms with E-state index in [9.17, 15) is 28.8 Å². The fraction of sp³-hybridized carbons (Fsp3) is 0.603. The van der Waals surface area contributed by atoms with E-state index >= 15 is 4.39 Å². The number of halogens is 1. The first-order valence-corrected chi connectivity index (χ1v) is 30.5. The number of aromatic nitrogens is 2. The summed E-state index contributed by atoms with van der Waals surface area (Å²) in [6.45, 7) is 10.1. The molecule has 1 unspecified atom stereocenters. The Bertz CT molecular complexity index is 2970. The Hall–Kier alpha value is -6.12. The summed E-state index contributed by atoms with van der Waals surface area (Å²) < 4.78 is 27.2. The van der Waals surface area contributed by atoms with Crippen molar-refractivity contribution in [2.45, 2.75) is 113 Å². The van der Waals surface area contributed by atoms with E-state index in [-0.39, 0.29) is 64.3 Å². The van der Waals surface area contributed by atoms with Gasteiger partial charge in [-0.3, -0.25) is 33.7 Å². The number of methoxy groups -OCH3 is 1. The lowest BCUT2D eigenvalue weighted by molar-refractivity contribution is -0.224. The van der Waals surface area contributed by atoms with Crippen LogP contribution < -0.4 is 16.2 Å². The normalized spacial score (nSPS) is 24.6. The number of carbonyl (C=O) groups excluding carboxylic acids is 5. The molecule has 440 valence electrons. The van der Waals surface area contributed by atoms with Crippen molar-refractivity contribution in [1.29, 1.82) is 0 Å². The number of fused-ring (bicyclic) bond motifs is 4. The molecule has 3 N–H and O–H groups in total. The maximum Gasteiger partial charge on any atom is 0.272 e. The Kier molecular flexibility index (Phi) is 18.1. The molecule has 0 radical (unpaired) electrons. The molecule has 19 heteroatoms. The minimum atomic E-state index is -0.608. The molecule has 2 atom stereocenters. The number of aromatic amines is 1. The number of carbonyl (C=O) groups is 5. The van der Waals surface area contributed by atoms with E-state index in [1.54, 1.807) is 41.2 Å². The quantitative estimate of drug-likeness (QED) is 0.126. The number of likely N-dealkylation sites (tertiary alicyclic amines) is 2. The van der Waals surface area contributed by atoms with E-state index in [1.807, 2.05) is 40.1 Å². The maximum absolute atomic E-state index is 15.2. The number of ether oxygens (including phenoxy) is 2. The topological polar surface area (TPSA) is 193 Å². The van der Waals surface area contributed by atoms with Crippen molar-refractivity contribution in [3.05, 3.63) is 111 Å². The first kappa shape index (κ1) is 57.7. The zero-order valence-corrected chi connectivity index (χ0v) is 47.9. The first-order valence-electron chi connectivity index (χ1n) is 30.5. The summed E-state index contributed by atoms with van der Waals surface area (Å²) in [5.41, 5.74) is 2.24. The lowest BCUT2D eigenvalue weighted by atomic mass is 9.73. The summed E-state index contributed by atoms with van der Waals surface area (Å²) in [7, 11) is 1.77. The van der Waals surface area contributed by atoms with Crippen LogP contribution in [0.2, 0.25) is 0 Å². The second kappa shape index (κ2) is 25.8. The van der Waals surface area contributed by atoms with Gasteiger partial charge in [-0.2, -0.15) is 5.10 Å². The monoisotopic (exact) mass is 1130 g/mol. The second-order valence-electron chi connectivity index (χ2n) is 24.7. The number of piperidine rings is 2. The highest BCUT2D eigenvalue weighted by molar-refractivity contribution is 5.98. The van der Waals surface area contributed by atoms with Crippen molar-refractivity contribution in [3.63, 3.8) is 0 Å². The molecular formula is C63H83FN10O8. The molecule has 8 fully saturated rings. The van der Waals surface area contributed by atoms with Gasteiger partial charge in [-0.05, 0) is 118 Å². The number of nitrogens with one attached hydrogen (secondary N) is 3. The van der Waals surface area contributed by atoms with Gasteiger partial charge in [-0.1, -0.05) is 55.7 Å². The Morgan fingerprint density at radius 1 is 0.744 bits per heavy atom. The van der Waals surface area contributed by atoms with Gasteiger partial charge < -0.3 is 44.6 Å². The molecule has 18 nitrogen and oxygen atoms in total. The number of H-pyrrole nitrogens is 1. The van der Waals surface area contributed by atoms with Gasteiger partial charge in [-0.15, -0.1) is 0 Å². The molecule has 0 spiro atoms. The Morgan fingerprint density at radius 3 is 2.21 bits per heavy atom. The van der Waals surface area contributed by atoms with Crippen LogP contribution in [-0.2, 0) is 30.3 Å². The molecule has 6 saturated heterocycles. The van der Waals surface area contributed by atoms with Crippen molar-refractivity contribution < 1.29 is 37.8 Å². The van der Waals surface area contributed by atoms with E-state index in [0.717, 1.165) is 128 Å². The van der Waals surface area contributed by atoms with Crippen molar-refractivity contribution in [1.82, 2.24) is 50.2 Å².